The van der Waals surface area contributed by atoms with Crippen LogP contribution in [-0.4, -0.2) is 10.9 Å². The lowest BCUT2D eigenvalue weighted by Gasteiger charge is -2.12. The highest BCUT2D eigenvalue weighted by atomic mass is 35.5. The molecule has 1 nitrogen and oxygen atoms in total. The van der Waals surface area contributed by atoms with Crippen molar-refractivity contribution in [2.75, 3.05) is 5.75 Å². The maximum Gasteiger partial charge on any atom is 0.0884 e. The van der Waals surface area contributed by atoms with Gasteiger partial charge in [-0.05, 0) is 34.5 Å². The molecule has 3 rings (SSSR count). The van der Waals surface area contributed by atoms with E-state index in [9.17, 15) is 5.11 Å². The molecule has 0 radical (unpaired) electrons. The molecule has 1 N–H and O–H groups in total. The fraction of sp³-hybridized carbons (Fsp3) is 0.111. The zero-order valence-electron chi connectivity index (χ0n) is 11.4. The van der Waals surface area contributed by atoms with Gasteiger partial charge in [-0.1, -0.05) is 60.1 Å². The summed E-state index contributed by atoms with van der Waals surface area (Å²) in [5.74, 6) is 0.585. The average Bonchev–Trinajstić information content (AvgIpc) is 2.53. The molecule has 3 aromatic carbocycles. The summed E-state index contributed by atoms with van der Waals surface area (Å²) in [5.41, 5.74) is 0.938. The third kappa shape index (κ3) is 3.41. The molecule has 0 aliphatic heterocycles. The highest BCUT2D eigenvalue weighted by Crippen LogP contribution is 2.30. The summed E-state index contributed by atoms with van der Waals surface area (Å²) in [6.45, 7) is 0. The Morgan fingerprint density at radius 3 is 2.43 bits per heavy atom. The highest BCUT2D eigenvalue weighted by molar-refractivity contribution is 7.99. The third-order valence-electron chi connectivity index (χ3n) is 3.39. The summed E-state index contributed by atoms with van der Waals surface area (Å²) >= 11 is 7.70. The van der Waals surface area contributed by atoms with Crippen LogP contribution in [0.1, 0.15) is 11.7 Å². The van der Waals surface area contributed by atoms with Crippen molar-refractivity contribution in [3.63, 3.8) is 0 Å². The molecule has 3 heteroatoms. The van der Waals surface area contributed by atoms with E-state index >= 15 is 0 Å². The number of halogens is 1. The Balaban J connectivity index is 1.75. The van der Waals surface area contributed by atoms with E-state index in [1.807, 2.05) is 54.6 Å². The van der Waals surface area contributed by atoms with Gasteiger partial charge in [-0.25, -0.2) is 0 Å². The minimum absolute atomic E-state index is 0.504. The number of aliphatic hydroxyl groups is 1. The lowest BCUT2D eigenvalue weighted by Crippen LogP contribution is -2.00. The van der Waals surface area contributed by atoms with E-state index in [2.05, 4.69) is 12.1 Å². The fourth-order valence-corrected chi connectivity index (χ4v) is 3.45. The SMILES string of the molecule is OC(CSc1ccccc1Cl)c1ccc2ccccc2c1. The maximum atomic E-state index is 10.4. The van der Waals surface area contributed by atoms with E-state index in [1.165, 1.54) is 5.39 Å². The first kappa shape index (κ1) is 14.5. The number of aliphatic hydroxyl groups excluding tert-OH is 1. The second-order valence-corrected chi connectivity index (χ2v) is 6.33. The zero-order valence-corrected chi connectivity index (χ0v) is 12.9. The first-order chi connectivity index (χ1) is 10.2. The van der Waals surface area contributed by atoms with Crippen LogP contribution in [0.5, 0.6) is 0 Å². The van der Waals surface area contributed by atoms with Gasteiger partial charge in [0.25, 0.3) is 0 Å². The standard InChI is InChI=1S/C18H15ClOS/c19-16-7-3-4-8-18(16)21-12-17(20)15-10-9-13-5-1-2-6-14(13)11-15/h1-11,17,20H,12H2. The first-order valence-electron chi connectivity index (χ1n) is 6.78. The Hall–Kier alpha value is -1.48. The van der Waals surface area contributed by atoms with E-state index in [0.717, 1.165) is 20.9 Å². The van der Waals surface area contributed by atoms with Crippen molar-refractivity contribution in [3.05, 3.63) is 77.3 Å². The molecule has 106 valence electrons. The summed E-state index contributed by atoms with van der Waals surface area (Å²) in [5, 5.41) is 13.4. The molecule has 3 aromatic rings. The van der Waals surface area contributed by atoms with Gasteiger partial charge in [-0.2, -0.15) is 0 Å². The molecule has 0 aromatic heterocycles. The van der Waals surface area contributed by atoms with Gasteiger partial charge < -0.3 is 5.11 Å². The molecule has 1 unspecified atom stereocenters. The van der Waals surface area contributed by atoms with Gasteiger partial charge in [0.2, 0.25) is 0 Å². The van der Waals surface area contributed by atoms with E-state index in [0.29, 0.717) is 5.75 Å². The van der Waals surface area contributed by atoms with Crippen molar-refractivity contribution in [1.82, 2.24) is 0 Å². The molecule has 21 heavy (non-hydrogen) atoms. The molecule has 0 bridgehead atoms. The molecule has 0 saturated heterocycles. The summed E-state index contributed by atoms with van der Waals surface area (Å²) in [7, 11) is 0. The fourth-order valence-electron chi connectivity index (χ4n) is 2.24. The van der Waals surface area contributed by atoms with E-state index in [-0.39, 0.29) is 0 Å². The van der Waals surface area contributed by atoms with E-state index in [4.69, 9.17) is 11.6 Å². The molecular formula is C18H15ClOS. The minimum Gasteiger partial charge on any atom is -0.388 e. The maximum absolute atomic E-state index is 10.4. The summed E-state index contributed by atoms with van der Waals surface area (Å²) < 4.78 is 0. The first-order valence-corrected chi connectivity index (χ1v) is 8.14. The van der Waals surface area contributed by atoms with Crippen LogP contribution in [0.3, 0.4) is 0 Å². The quantitative estimate of drug-likeness (QED) is 0.658. The summed E-state index contributed by atoms with van der Waals surface area (Å²) in [6.07, 6.45) is -0.504. The third-order valence-corrected chi connectivity index (χ3v) is 4.98. The lowest BCUT2D eigenvalue weighted by atomic mass is 10.0. The molecule has 1 atom stereocenters. The van der Waals surface area contributed by atoms with Crippen LogP contribution in [0.4, 0.5) is 0 Å². The van der Waals surface area contributed by atoms with Gasteiger partial charge in [-0.3, -0.25) is 0 Å². The van der Waals surface area contributed by atoms with Crippen LogP contribution in [0.25, 0.3) is 10.8 Å². The molecule has 0 spiro atoms. The molecular weight excluding hydrogens is 300 g/mol. The number of thioether (sulfide) groups is 1. The van der Waals surface area contributed by atoms with Crippen LogP contribution in [0.2, 0.25) is 5.02 Å². The molecule has 0 aliphatic carbocycles. The Labute approximate surface area is 133 Å². The Kier molecular flexibility index (Phi) is 4.49. The predicted octanol–water partition coefficient (Wildman–Crippen LogP) is 5.32. The number of fused-ring (bicyclic) bond motifs is 1. The molecule has 0 saturated carbocycles. The van der Waals surface area contributed by atoms with Crippen LogP contribution in [0.15, 0.2) is 71.6 Å². The van der Waals surface area contributed by atoms with Crippen LogP contribution in [-0.2, 0) is 0 Å². The highest BCUT2D eigenvalue weighted by Gasteiger charge is 2.10. The minimum atomic E-state index is -0.504. The van der Waals surface area contributed by atoms with Crippen LogP contribution in [0, 0.1) is 0 Å². The van der Waals surface area contributed by atoms with Crippen molar-refractivity contribution in [2.45, 2.75) is 11.0 Å². The number of benzene rings is 3. The number of hydrogen-bond acceptors (Lipinski definition) is 2. The normalized spacial score (nSPS) is 12.5. The van der Waals surface area contributed by atoms with Gasteiger partial charge in [0, 0.05) is 10.6 Å². The van der Waals surface area contributed by atoms with Crippen molar-refractivity contribution >= 4 is 34.1 Å². The van der Waals surface area contributed by atoms with Gasteiger partial charge in [0.1, 0.15) is 0 Å². The van der Waals surface area contributed by atoms with Gasteiger partial charge in [0.15, 0.2) is 0 Å². The number of rotatable bonds is 4. The van der Waals surface area contributed by atoms with Gasteiger partial charge in [0.05, 0.1) is 11.1 Å². The topological polar surface area (TPSA) is 20.2 Å². The van der Waals surface area contributed by atoms with Crippen molar-refractivity contribution in [2.24, 2.45) is 0 Å². The Morgan fingerprint density at radius 1 is 0.905 bits per heavy atom. The summed E-state index contributed by atoms with van der Waals surface area (Å²) in [4.78, 5) is 0.999. The lowest BCUT2D eigenvalue weighted by molar-refractivity contribution is 0.204. The number of hydrogen-bond donors (Lipinski definition) is 1. The van der Waals surface area contributed by atoms with Gasteiger partial charge >= 0.3 is 0 Å². The second-order valence-electron chi connectivity index (χ2n) is 4.86. The Morgan fingerprint density at radius 2 is 1.62 bits per heavy atom. The van der Waals surface area contributed by atoms with Crippen molar-refractivity contribution in [1.29, 1.82) is 0 Å². The van der Waals surface area contributed by atoms with Crippen molar-refractivity contribution in [3.8, 4) is 0 Å². The smallest absolute Gasteiger partial charge is 0.0884 e. The van der Waals surface area contributed by atoms with E-state index < -0.39 is 6.10 Å². The largest absolute Gasteiger partial charge is 0.388 e. The molecule has 0 fully saturated rings. The second kappa shape index (κ2) is 6.52. The van der Waals surface area contributed by atoms with Crippen molar-refractivity contribution < 1.29 is 5.11 Å². The molecule has 0 amide bonds. The zero-order chi connectivity index (χ0) is 14.7. The molecule has 0 aliphatic rings. The predicted molar refractivity (Wildman–Crippen MR) is 91.1 cm³/mol. The van der Waals surface area contributed by atoms with Gasteiger partial charge in [-0.15, -0.1) is 11.8 Å². The monoisotopic (exact) mass is 314 g/mol. The van der Waals surface area contributed by atoms with E-state index in [1.54, 1.807) is 11.8 Å². The van der Waals surface area contributed by atoms with Crippen LogP contribution < -0.4 is 0 Å². The molecule has 0 heterocycles. The summed E-state index contributed by atoms with van der Waals surface area (Å²) in [6, 6.07) is 22.0. The Bertz CT molecular complexity index is 757. The average molecular weight is 315 g/mol. The van der Waals surface area contributed by atoms with Crippen LogP contribution >= 0.6 is 23.4 Å².